The van der Waals surface area contributed by atoms with Crippen molar-refractivity contribution in [2.24, 2.45) is 0 Å². The maximum Gasteiger partial charge on any atom is 0.183 e. The Morgan fingerprint density at radius 2 is 1.00 bits per heavy atom. The fourth-order valence-corrected chi connectivity index (χ4v) is 6.02. The molecule has 3 heterocycles. The summed E-state index contributed by atoms with van der Waals surface area (Å²) in [5.41, 5.74) is 4.08. The maximum atomic E-state index is 6.44. The van der Waals surface area contributed by atoms with E-state index >= 15 is 0 Å². The number of rotatable bonds is 3. The molecule has 0 radical (unpaired) electrons. The first-order chi connectivity index (χ1) is 21.3. The lowest BCUT2D eigenvalue weighted by atomic mass is 10.0. The smallest absolute Gasteiger partial charge is 0.183 e. The van der Waals surface area contributed by atoms with Crippen molar-refractivity contribution in [2.45, 2.75) is 0 Å². The Kier molecular flexibility index (Phi) is 5.13. The van der Waals surface area contributed by atoms with Crippen molar-refractivity contribution in [3.8, 4) is 34.3 Å². The zero-order valence-electron chi connectivity index (χ0n) is 22.9. The number of nitrogens with zero attached hydrogens (tertiary/aromatic N) is 4. The lowest BCUT2D eigenvalue weighted by Crippen LogP contribution is -2.01. The summed E-state index contributed by atoms with van der Waals surface area (Å²) in [6, 6.07) is 43.6. The SMILES string of the molecule is c1ccc2cc(-c3nc(-c4ccc5ccccc5c4)nc(-c4nccc5oc6c7ccccc7ccc6c45)n3)ccc2c1. The summed E-state index contributed by atoms with van der Waals surface area (Å²) < 4.78 is 6.44. The predicted molar refractivity (Wildman–Crippen MR) is 174 cm³/mol. The fraction of sp³-hybridized carbons (Fsp3) is 0. The third kappa shape index (κ3) is 3.86. The molecule has 0 spiro atoms. The summed E-state index contributed by atoms with van der Waals surface area (Å²) in [6.45, 7) is 0. The molecule has 5 heteroatoms. The van der Waals surface area contributed by atoms with Gasteiger partial charge in [0.05, 0.1) is 5.39 Å². The Hall–Kier alpha value is -5.94. The van der Waals surface area contributed by atoms with Crippen LogP contribution in [0.15, 0.2) is 138 Å². The molecule has 0 fully saturated rings. The summed E-state index contributed by atoms with van der Waals surface area (Å²) in [5, 5.41) is 8.65. The van der Waals surface area contributed by atoms with Crippen LogP contribution in [0.2, 0.25) is 0 Å². The highest BCUT2D eigenvalue weighted by molar-refractivity contribution is 6.18. The van der Waals surface area contributed by atoms with Gasteiger partial charge in [0, 0.05) is 28.1 Å². The van der Waals surface area contributed by atoms with Crippen LogP contribution in [-0.4, -0.2) is 19.9 Å². The van der Waals surface area contributed by atoms with Gasteiger partial charge in [0.1, 0.15) is 16.9 Å². The molecule has 0 amide bonds. The molecule has 43 heavy (non-hydrogen) atoms. The molecule has 0 saturated heterocycles. The van der Waals surface area contributed by atoms with E-state index in [0.717, 1.165) is 54.6 Å². The Balaban J connectivity index is 1.32. The van der Waals surface area contributed by atoms with E-state index < -0.39 is 0 Å². The summed E-state index contributed by atoms with van der Waals surface area (Å²) in [7, 11) is 0. The maximum absolute atomic E-state index is 6.44. The van der Waals surface area contributed by atoms with E-state index in [4.69, 9.17) is 24.4 Å². The topological polar surface area (TPSA) is 64.7 Å². The molecule has 9 aromatic rings. The first-order valence-electron chi connectivity index (χ1n) is 14.2. The van der Waals surface area contributed by atoms with Gasteiger partial charge < -0.3 is 4.42 Å². The van der Waals surface area contributed by atoms with Crippen molar-refractivity contribution in [2.75, 3.05) is 0 Å². The summed E-state index contributed by atoms with van der Waals surface area (Å²) in [4.78, 5) is 19.9. The quantitative estimate of drug-likeness (QED) is 0.219. The van der Waals surface area contributed by atoms with E-state index in [1.807, 2.05) is 42.5 Å². The van der Waals surface area contributed by atoms with Crippen LogP contribution in [-0.2, 0) is 0 Å². The summed E-state index contributed by atoms with van der Waals surface area (Å²) >= 11 is 0. The van der Waals surface area contributed by atoms with Crippen LogP contribution in [0.5, 0.6) is 0 Å². The largest absolute Gasteiger partial charge is 0.455 e. The molecule has 0 N–H and O–H groups in total. The average molecular weight is 551 g/mol. The molecule has 0 atom stereocenters. The third-order valence-corrected chi connectivity index (χ3v) is 8.14. The second-order valence-electron chi connectivity index (χ2n) is 10.7. The average Bonchev–Trinajstić information content (AvgIpc) is 3.47. The standard InChI is InChI=1S/C38H22N4O/c1-3-10-26-21-28(15-13-23(26)7-1)36-40-37(29-16-14-24-8-2-4-11-27(24)22-29)42-38(41-36)34-33-31-18-17-25-9-5-6-12-30(25)35(31)43-32(33)19-20-39-34/h1-22H. The number of aromatic nitrogens is 4. The Morgan fingerprint density at radius 1 is 0.442 bits per heavy atom. The van der Waals surface area contributed by atoms with Crippen LogP contribution >= 0.6 is 0 Å². The molecule has 0 bridgehead atoms. The molecule has 0 aliphatic rings. The van der Waals surface area contributed by atoms with Crippen LogP contribution in [0.4, 0.5) is 0 Å². The Labute approximate surface area is 246 Å². The van der Waals surface area contributed by atoms with Crippen molar-refractivity contribution < 1.29 is 4.42 Å². The van der Waals surface area contributed by atoms with Gasteiger partial charge in [0.15, 0.2) is 17.5 Å². The molecule has 0 unspecified atom stereocenters. The highest BCUT2D eigenvalue weighted by atomic mass is 16.3. The third-order valence-electron chi connectivity index (χ3n) is 8.14. The molecule has 6 aromatic carbocycles. The van der Waals surface area contributed by atoms with Crippen molar-refractivity contribution in [3.05, 3.63) is 134 Å². The van der Waals surface area contributed by atoms with Crippen molar-refractivity contribution in [1.29, 1.82) is 0 Å². The minimum absolute atomic E-state index is 0.503. The number of fused-ring (bicyclic) bond motifs is 7. The van der Waals surface area contributed by atoms with E-state index in [2.05, 4.69) is 84.9 Å². The minimum atomic E-state index is 0.503. The van der Waals surface area contributed by atoms with Gasteiger partial charge in [-0.3, -0.25) is 4.98 Å². The normalized spacial score (nSPS) is 11.7. The lowest BCUT2D eigenvalue weighted by Gasteiger charge is -2.10. The van der Waals surface area contributed by atoms with Gasteiger partial charge in [-0.05, 0) is 51.2 Å². The second kappa shape index (κ2) is 9.29. The first kappa shape index (κ1) is 23.7. The highest BCUT2D eigenvalue weighted by Gasteiger charge is 2.20. The van der Waals surface area contributed by atoms with E-state index in [1.165, 1.54) is 10.8 Å². The molecule has 0 aliphatic heterocycles. The van der Waals surface area contributed by atoms with Crippen LogP contribution in [0.25, 0.3) is 88.5 Å². The first-order valence-corrected chi connectivity index (χ1v) is 14.2. The molecule has 0 saturated carbocycles. The van der Waals surface area contributed by atoms with Gasteiger partial charge in [-0.1, -0.05) is 103 Å². The Morgan fingerprint density at radius 3 is 1.67 bits per heavy atom. The van der Waals surface area contributed by atoms with Crippen molar-refractivity contribution >= 4 is 54.3 Å². The van der Waals surface area contributed by atoms with Crippen molar-refractivity contribution in [1.82, 2.24) is 19.9 Å². The fourth-order valence-electron chi connectivity index (χ4n) is 6.02. The van der Waals surface area contributed by atoms with Gasteiger partial charge in [-0.25, -0.2) is 15.0 Å². The van der Waals surface area contributed by atoms with Crippen LogP contribution in [0.1, 0.15) is 0 Å². The van der Waals surface area contributed by atoms with Gasteiger partial charge in [-0.15, -0.1) is 0 Å². The number of benzene rings is 6. The van der Waals surface area contributed by atoms with E-state index in [1.54, 1.807) is 6.20 Å². The van der Waals surface area contributed by atoms with Gasteiger partial charge >= 0.3 is 0 Å². The van der Waals surface area contributed by atoms with Crippen molar-refractivity contribution in [3.63, 3.8) is 0 Å². The number of hydrogen-bond donors (Lipinski definition) is 0. The zero-order valence-corrected chi connectivity index (χ0v) is 22.9. The van der Waals surface area contributed by atoms with Crippen LogP contribution in [0, 0.1) is 0 Å². The summed E-state index contributed by atoms with van der Waals surface area (Å²) in [5.74, 6) is 1.69. The van der Waals surface area contributed by atoms with Crippen LogP contribution < -0.4 is 0 Å². The van der Waals surface area contributed by atoms with Gasteiger partial charge in [0.2, 0.25) is 0 Å². The van der Waals surface area contributed by atoms with E-state index in [0.29, 0.717) is 23.2 Å². The number of pyridine rings is 1. The number of hydrogen-bond acceptors (Lipinski definition) is 5. The van der Waals surface area contributed by atoms with Crippen LogP contribution in [0.3, 0.4) is 0 Å². The second-order valence-corrected chi connectivity index (χ2v) is 10.7. The molecule has 3 aromatic heterocycles. The molecular weight excluding hydrogens is 528 g/mol. The van der Waals surface area contributed by atoms with E-state index in [9.17, 15) is 0 Å². The zero-order chi connectivity index (χ0) is 28.3. The van der Waals surface area contributed by atoms with E-state index in [-0.39, 0.29) is 0 Å². The molecule has 9 rings (SSSR count). The molecule has 0 aliphatic carbocycles. The lowest BCUT2D eigenvalue weighted by molar-refractivity contribution is 0.672. The number of furan rings is 1. The highest BCUT2D eigenvalue weighted by Crippen LogP contribution is 2.38. The predicted octanol–water partition coefficient (Wildman–Crippen LogP) is 9.63. The molecule has 5 nitrogen and oxygen atoms in total. The summed E-state index contributed by atoms with van der Waals surface area (Å²) in [6.07, 6.45) is 1.76. The van der Waals surface area contributed by atoms with Gasteiger partial charge in [-0.2, -0.15) is 0 Å². The monoisotopic (exact) mass is 550 g/mol. The minimum Gasteiger partial charge on any atom is -0.455 e. The van der Waals surface area contributed by atoms with Gasteiger partial charge in [0.25, 0.3) is 0 Å². The molecule has 200 valence electrons. The molecular formula is C38H22N4O. The Bertz CT molecular complexity index is 2430.